The van der Waals surface area contributed by atoms with E-state index in [1.807, 2.05) is 56.4 Å². The van der Waals surface area contributed by atoms with Gasteiger partial charge in [0.25, 0.3) is 0 Å². The second-order valence-electron chi connectivity index (χ2n) is 11.6. The van der Waals surface area contributed by atoms with Crippen LogP contribution >= 0.6 is 0 Å². The summed E-state index contributed by atoms with van der Waals surface area (Å²) in [4.78, 5) is 38.0. The van der Waals surface area contributed by atoms with Gasteiger partial charge in [0.15, 0.2) is 23.7 Å². The number of likely N-dealkylation sites (N-methyl/N-ethyl adjacent to an activating group) is 1. The lowest BCUT2D eigenvalue weighted by molar-refractivity contribution is -0.167. The third kappa shape index (κ3) is 5.33. The lowest BCUT2D eigenvalue weighted by Crippen LogP contribution is -2.70. The van der Waals surface area contributed by atoms with Crippen LogP contribution in [-0.2, 0) is 42.1 Å². The second kappa shape index (κ2) is 12.6. The summed E-state index contributed by atoms with van der Waals surface area (Å²) >= 11 is 0. The summed E-state index contributed by atoms with van der Waals surface area (Å²) in [6.45, 7) is 3.42. The van der Waals surface area contributed by atoms with E-state index in [9.17, 15) is 19.5 Å². The van der Waals surface area contributed by atoms with Gasteiger partial charge in [0.05, 0.1) is 30.6 Å². The van der Waals surface area contributed by atoms with Crippen LogP contribution in [0, 0.1) is 0 Å². The van der Waals surface area contributed by atoms with Crippen molar-refractivity contribution in [2.24, 2.45) is 5.73 Å². The summed E-state index contributed by atoms with van der Waals surface area (Å²) in [5, 5.41) is 18.2. The van der Waals surface area contributed by atoms with Gasteiger partial charge in [-0.1, -0.05) is 43.3 Å². The molecule has 236 valence electrons. The van der Waals surface area contributed by atoms with Crippen LogP contribution in [0.5, 0.6) is 11.5 Å². The van der Waals surface area contributed by atoms with Gasteiger partial charge in [0, 0.05) is 24.6 Å². The molecule has 0 spiro atoms. The number of methoxy groups -OCH3 is 1. The van der Waals surface area contributed by atoms with E-state index in [-0.39, 0.29) is 37.1 Å². The van der Waals surface area contributed by atoms with Gasteiger partial charge in [0.1, 0.15) is 5.76 Å². The summed E-state index contributed by atoms with van der Waals surface area (Å²) in [5.74, 6) is -0.501. The maximum Gasteiger partial charge on any atom is 0.352 e. The minimum Gasteiger partial charge on any atom is -0.493 e. The van der Waals surface area contributed by atoms with Crippen LogP contribution in [0.15, 0.2) is 54.3 Å². The first-order valence-electron chi connectivity index (χ1n) is 15.0. The standard InChI is InChI=1S/C33H41N3O8/c1-5-32-27-21-11-12-23(41-4)28(27)44-29(32)24(13-15-33(32,40)25(18-21)35-3)43-31(39)19(2)42-26(37)14-16-36-30(38)22(34)17-20-9-7-6-8-10-20/h6-13,19,22,25,29,35,40H,5,14-18,34H2,1-4H3,(H,36,38)/t19-,22-,25+,29-,32-,33+/m0/s1. The van der Waals surface area contributed by atoms with Crippen molar-refractivity contribution in [2.75, 3.05) is 20.7 Å². The van der Waals surface area contributed by atoms with Crippen LogP contribution in [0.25, 0.3) is 0 Å². The van der Waals surface area contributed by atoms with E-state index in [0.29, 0.717) is 30.8 Å². The normalized spacial score (nSPS) is 25.9. The van der Waals surface area contributed by atoms with E-state index in [2.05, 4.69) is 10.6 Å². The summed E-state index contributed by atoms with van der Waals surface area (Å²) in [6.07, 6.45) is 1.24. The first kappa shape index (κ1) is 31.5. The number of hydrogen-bond donors (Lipinski definition) is 4. The molecule has 1 amide bonds. The fourth-order valence-electron chi connectivity index (χ4n) is 7.01. The number of carbonyl (C=O) groups excluding carboxylic acids is 3. The van der Waals surface area contributed by atoms with E-state index in [0.717, 1.165) is 16.7 Å². The number of rotatable bonds is 12. The van der Waals surface area contributed by atoms with Crippen molar-refractivity contribution in [1.82, 2.24) is 10.6 Å². The molecule has 2 aromatic carbocycles. The first-order valence-corrected chi connectivity index (χ1v) is 15.0. The molecule has 6 atom stereocenters. The van der Waals surface area contributed by atoms with Crippen LogP contribution in [0.3, 0.4) is 0 Å². The maximum absolute atomic E-state index is 13.2. The highest BCUT2D eigenvalue weighted by atomic mass is 16.6. The molecule has 0 bridgehead atoms. The molecule has 0 saturated carbocycles. The fraction of sp³-hybridized carbons (Fsp3) is 0.485. The van der Waals surface area contributed by atoms with Crippen molar-refractivity contribution in [1.29, 1.82) is 0 Å². The van der Waals surface area contributed by atoms with Crippen molar-refractivity contribution in [3.63, 3.8) is 0 Å². The number of nitrogens with two attached hydrogens (primary N) is 1. The zero-order valence-corrected chi connectivity index (χ0v) is 25.6. The number of carbonyl (C=O) groups is 3. The molecule has 1 heterocycles. The number of ether oxygens (including phenoxy) is 4. The first-order chi connectivity index (χ1) is 21.1. The number of aliphatic hydroxyl groups is 1. The molecule has 2 aliphatic carbocycles. The quantitative estimate of drug-likeness (QED) is 0.262. The van der Waals surface area contributed by atoms with Crippen molar-refractivity contribution in [2.45, 2.75) is 81.3 Å². The van der Waals surface area contributed by atoms with E-state index in [1.54, 1.807) is 13.2 Å². The SMILES string of the molecule is CC[C@]12c3c4ccc(OC)c3O[C@H]1C(OC(=O)[C@H](C)OC(=O)CCNC(=O)[C@@H](N)Cc1ccccc1)=CC[C@@]2(O)[C@H](NC)C4. The summed E-state index contributed by atoms with van der Waals surface area (Å²) in [6, 6.07) is 12.2. The Morgan fingerprint density at radius 1 is 1.18 bits per heavy atom. The maximum atomic E-state index is 13.2. The molecule has 3 aliphatic rings. The Kier molecular flexibility index (Phi) is 9.01. The van der Waals surface area contributed by atoms with E-state index >= 15 is 0 Å². The van der Waals surface area contributed by atoms with Gasteiger partial charge < -0.3 is 40.4 Å². The average Bonchev–Trinajstić information content (AvgIpc) is 3.39. The molecule has 5 N–H and O–H groups in total. The van der Waals surface area contributed by atoms with Crippen molar-refractivity contribution in [3.8, 4) is 11.5 Å². The van der Waals surface area contributed by atoms with Gasteiger partial charge in [-0.25, -0.2) is 4.79 Å². The van der Waals surface area contributed by atoms with Gasteiger partial charge in [-0.15, -0.1) is 0 Å². The van der Waals surface area contributed by atoms with Gasteiger partial charge >= 0.3 is 11.9 Å². The number of amides is 1. The Bertz CT molecular complexity index is 1450. The highest BCUT2D eigenvalue weighted by Crippen LogP contribution is 2.63. The zero-order chi connectivity index (χ0) is 31.6. The molecule has 5 rings (SSSR count). The van der Waals surface area contributed by atoms with Gasteiger partial charge in [-0.05, 0) is 56.5 Å². The molecule has 0 unspecified atom stereocenters. The van der Waals surface area contributed by atoms with Crippen LogP contribution in [-0.4, -0.2) is 73.5 Å². The van der Waals surface area contributed by atoms with Gasteiger partial charge in [-0.2, -0.15) is 0 Å². The van der Waals surface area contributed by atoms with Crippen molar-refractivity contribution >= 4 is 17.8 Å². The van der Waals surface area contributed by atoms with Crippen LogP contribution in [0.2, 0.25) is 0 Å². The second-order valence-corrected chi connectivity index (χ2v) is 11.6. The number of esters is 2. The molecule has 44 heavy (non-hydrogen) atoms. The van der Waals surface area contributed by atoms with Crippen LogP contribution < -0.4 is 25.8 Å². The molecular weight excluding hydrogens is 566 g/mol. The summed E-state index contributed by atoms with van der Waals surface area (Å²) in [7, 11) is 3.39. The Labute approximate surface area is 257 Å². The smallest absolute Gasteiger partial charge is 0.352 e. The minimum atomic E-state index is -1.22. The summed E-state index contributed by atoms with van der Waals surface area (Å²) < 4.78 is 23.2. The van der Waals surface area contributed by atoms with Crippen LogP contribution in [0.1, 0.15) is 49.8 Å². The topological polar surface area (TPSA) is 158 Å². The Morgan fingerprint density at radius 2 is 1.93 bits per heavy atom. The molecule has 1 aliphatic heterocycles. The molecular formula is C33H41N3O8. The number of hydrogen-bond acceptors (Lipinski definition) is 10. The van der Waals surface area contributed by atoms with E-state index in [1.165, 1.54) is 6.92 Å². The predicted molar refractivity (Wildman–Crippen MR) is 161 cm³/mol. The van der Waals surface area contributed by atoms with Crippen LogP contribution in [0.4, 0.5) is 0 Å². The highest BCUT2D eigenvalue weighted by Gasteiger charge is 2.69. The summed E-state index contributed by atoms with van der Waals surface area (Å²) in [5.41, 5.74) is 6.72. The third-order valence-corrected chi connectivity index (χ3v) is 9.23. The molecule has 2 aromatic rings. The lowest BCUT2D eigenvalue weighted by Gasteiger charge is -2.56. The molecule has 11 nitrogen and oxygen atoms in total. The Morgan fingerprint density at radius 3 is 2.61 bits per heavy atom. The van der Waals surface area contributed by atoms with Crippen molar-refractivity contribution in [3.05, 3.63) is 71.0 Å². The van der Waals surface area contributed by atoms with E-state index in [4.69, 9.17) is 24.7 Å². The average molecular weight is 608 g/mol. The Balaban J connectivity index is 1.22. The molecule has 0 aromatic heterocycles. The van der Waals surface area contributed by atoms with E-state index < -0.39 is 41.2 Å². The number of benzene rings is 2. The molecule has 0 fully saturated rings. The van der Waals surface area contributed by atoms with Gasteiger partial charge in [-0.3, -0.25) is 9.59 Å². The minimum absolute atomic E-state index is 0.00957. The lowest BCUT2D eigenvalue weighted by atomic mass is 9.52. The van der Waals surface area contributed by atoms with Gasteiger partial charge in [0.2, 0.25) is 5.91 Å². The zero-order valence-electron chi connectivity index (χ0n) is 25.6. The predicted octanol–water partition coefficient (Wildman–Crippen LogP) is 1.82. The molecule has 0 radical (unpaired) electrons. The Hall–Kier alpha value is -3.93. The monoisotopic (exact) mass is 607 g/mol. The molecule has 0 saturated heterocycles. The molecule has 11 heteroatoms. The highest BCUT2D eigenvalue weighted by molar-refractivity contribution is 5.83. The third-order valence-electron chi connectivity index (χ3n) is 9.23. The largest absolute Gasteiger partial charge is 0.493 e. The van der Waals surface area contributed by atoms with Crippen molar-refractivity contribution < 1.29 is 38.4 Å². The fourth-order valence-corrected chi connectivity index (χ4v) is 7.01. The number of nitrogens with one attached hydrogen (secondary N) is 2.